The number of hydrogen-bond donors (Lipinski definition) is 1. The molecule has 0 saturated carbocycles. The van der Waals surface area contributed by atoms with Gasteiger partial charge in [0, 0.05) is 18.1 Å². The van der Waals surface area contributed by atoms with E-state index in [1.54, 1.807) is 19.1 Å². The molecule has 0 radical (unpaired) electrons. The third-order valence-corrected chi connectivity index (χ3v) is 6.93. The van der Waals surface area contributed by atoms with Gasteiger partial charge in [-0.2, -0.15) is 0 Å². The first-order valence-electron chi connectivity index (χ1n) is 10.1. The average Bonchev–Trinajstić information content (AvgIpc) is 2.79. The fourth-order valence-corrected chi connectivity index (χ4v) is 5.02. The maximum absolute atomic E-state index is 14.4. The second-order valence-corrected chi connectivity index (χ2v) is 9.37. The largest absolute Gasteiger partial charge is 0.493 e. The zero-order valence-corrected chi connectivity index (χ0v) is 19.7. The van der Waals surface area contributed by atoms with E-state index in [2.05, 4.69) is 0 Å². The number of methoxy groups -OCH3 is 2. The average molecular weight is 491 g/mol. The van der Waals surface area contributed by atoms with Crippen LogP contribution in [-0.4, -0.2) is 35.1 Å². The topological polar surface area (TPSA) is 98.9 Å². The number of primary amides is 1. The van der Waals surface area contributed by atoms with E-state index in [-0.39, 0.29) is 28.3 Å². The molecule has 0 saturated heterocycles. The summed E-state index contributed by atoms with van der Waals surface area (Å²) >= 11 is 0. The highest BCUT2D eigenvalue weighted by Crippen LogP contribution is 2.34. The van der Waals surface area contributed by atoms with Crippen LogP contribution in [0.4, 0.5) is 14.5 Å². The van der Waals surface area contributed by atoms with Gasteiger partial charge in [0.05, 0.1) is 24.8 Å². The van der Waals surface area contributed by atoms with Crippen LogP contribution in [0, 0.1) is 18.6 Å². The predicted molar refractivity (Wildman–Crippen MR) is 124 cm³/mol. The van der Waals surface area contributed by atoms with E-state index in [4.69, 9.17) is 15.2 Å². The number of anilines is 1. The smallest absolute Gasteiger partial charge is 0.264 e. The van der Waals surface area contributed by atoms with Gasteiger partial charge in [-0.05, 0) is 42.8 Å². The minimum atomic E-state index is -4.35. The molecule has 0 spiro atoms. The molecule has 0 aliphatic rings. The molecule has 0 aliphatic heterocycles. The lowest BCUT2D eigenvalue weighted by molar-refractivity contribution is -0.116. The fourth-order valence-electron chi connectivity index (χ4n) is 3.54. The van der Waals surface area contributed by atoms with Gasteiger partial charge in [0.1, 0.15) is 18.2 Å². The highest BCUT2D eigenvalue weighted by Gasteiger charge is 2.30. The van der Waals surface area contributed by atoms with Crippen molar-refractivity contribution in [2.24, 2.45) is 5.73 Å². The third-order valence-electron chi connectivity index (χ3n) is 5.18. The van der Waals surface area contributed by atoms with Gasteiger partial charge >= 0.3 is 0 Å². The Hall–Kier alpha value is -3.66. The Labute approximate surface area is 196 Å². The summed E-state index contributed by atoms with van der Waals surface area (Å²) in [5.74, 6) is -1.96. The molecule has 7 nitrogen and oxygen atoms in total. The van der Waals surface area contributed by atoms with E-state index in [1.807, 2.05) is 0 Å². The summed E-state index contributed by atoms with van der Waals surface area (Å²) in [5, 5.41) is 0. The molecule has 3 aromatic carbocycles. The molecule has 0 aliphatic carbocycles. The lowest BCUT2D eigenvalue weighted by atomic mass is 10.00. The highest BCUT2D eigenvalue weighted by molar-refractivity contribution is 7.92. The normalized spacial score (nSPS) is 11.2. The Kier molecular flexibility index (Phi) is 7.41. The van der Waals surface area contributed by atoms with Crippen LogP contribution in [-0.2, 0) is 21.2 Å². The van der Waals surface area contributed by atoms with E-state index in [1.165, 1.54) is 44.6 Å². The van der Waals surface area contributed by atoms with Gasteiger partial charge in [-0.3, -0.25) is 9.10 Å². The lowest BCUT2D eigenvalue weighted by Gasteiger charge is -2.26. The van der Waals surface area contributed by atoms with Crippen molar-refractivity contribution in [2.75, 3.05) is 25.1 Å². The standard InChI is InChI=1S/C24H24F2N2O5S/c1-15-7-9-21(16(11-15)12-18-19(25)5-4-6-20(18)26)28(14-24(27)29)34(30,31)17-8-10-22(32-2)23(13-17)33-3/h4-11,13H,12,14H2,1-3H3,(H2,27,29). The van der Waals surface area contributed by atoms with Gasteiger partial charge in [-0.25, -0.2) is 17.2 Å². The first kappa shape index (κ1) is 25.0. The van der Waals surface area contributed by atoms with Gasteiger partial charge in [0.25, 0.3) is 10.0 Å². The second-order valence-electron chi connectivity index (χ2n) is 7.50. The van der Waals surface area contributed by atoms with Crippen molar-refractivity contribution in [3.8, 4) is 11.5 Å². The van der Waals surface area contributed by atoms with Crippen LogP contribution in [0.1, 0.15) is 16.7 Å². The van der Waals surface area contributed by atoms with E-state index in [0.717, 1.165) is 22.0 Å². The summed E-state index contributed by atoms with van der Waals surface area (Å²) in [6, 6.07) is 12.2. The van der Waals surface area contributed by atoms with Crippen LogP contribution in [0.5, 0.6) is 11.5 Å². The number of amides is 1. The van der Waals surface area contributed by atoms with Gasteiger partial charge in [-0.1, -0.05) is 23.8 Å². The number of halogens is 2. The number of carbonyl (C=O) groups excluding carboxylic acids is 1. The lowest BCUT2D eigenvalue weighted by Crippen LogP contribution is -2.39. The zero-order valence-electron chi connectivity index (χ0n) is 18.8. The summed E-state index contributed by atoms with van der Waals surface area (Å²) < 4.78 is 67.2. The van der Waals surface area contributed by atoms with Crippen molar-refractivity contribution in [3.05, 3.63) is 82.9 Å². The molecule has 0 heterocycles. The highest BCUT2D eigenvalue weighted by atomic mass is 32.2. The fraction of sp³-hybridized carbons (Fsp3) is 0.208. The van der Waals surface area contributed by atoms with Crippen molar-refractivity contribution in [1.82, 2.24) is 0 Å². The molecule has 0 unspecified atom stereocenters. The summed E-state index contributed by atoms with van der Waals surface area (Å²) in [6.45, 7) is 1.07. The van der Waals surface area contributed by atoms with Crippen molar-refractivity contribution < 1.29 is 31.5 Å². The van der Waals surface area contributed by atoms with E-state index >= 15 is 0 Å². The molecule has 0 atom stereocenters. The number of rotatable bonds is 9. The summed E-state index contributed by atoms with van der Waals surface area (Å²) in [7, 11) is -1.58. The maximum atomic E-state index is 14.4. The molecule has 180 valence electrons. The third kappa shape index (κ3) is 5.12. The van der Waals surface area contributed by atoms with Crippen LogP contribution >= 0.6 is 0 Å². The van der Waals surface area contributed by atoms with Crippen molar-refractivity contribution >= 4 is 21.6 Å². The molecular formula is C24H24F2N2O5S. The number of aryl methyl sites for hydroxylation is 1. The van der Waals surface area contributed by atoms with Gasteiger partial charge < -0.3 is 15.2 Å². The van der Waals surface area contributed by atoms with E-state index < -0.39 is 34.1 Å². The molecular weight excluding hydrogens is 466 g/mol. The number of sulfonamides is 1. The van der Waals surface area contributed by atoms with Crippen LogP contribution in [0.15, 0.2) is 59.5 Å². The van der Waals surface area contributed by atoms with Gasteiger partial charge in [0.15, 0.2) is 11.5 Å². The molecule has 0 aromatic heterocycles. The molecule has 2 N–H and O–H groups in total. The molecule has 0 bridgehead atoms. The maximum Gasteiger partial charge on any atom is 0.264 e. The second kappa shape index (κ2) is 10.1. The summed E-state index contributed by atoms with van der Waals surface area (Å²) in [5.41, 5.74) is 6.26. The van der Waals surface area contributed by atoms with Gasteiger partial charge in [-0.15, -0.1) is 0 Å². The van der Waals surface area contributed by atoms with Crippen LogP contribution in [0.25, 0.3) is 0 Å². The number of nitrogens with two attached hydrogens (primary N) is 1. The quantitative estimate of drug-likeness (QED) is 0.495. The first-order valence-corrected chi connectivity index (χ1v) is 11.6. The Morgan fingerprint density at radius 2 is 1.62 bits per heavy atom. The number of nitrogens with zero attached hydrogens (tertiary/aromatic N) is 1. The Morgan fingerprint density at radius 3 is 2.21 bits per heavy atom. The van der Waals surface area contributed by atoms with Crippen molar-refractivity contribution in [1.29, 1.82) is 0 Å². The van der Waals surface area contributed by atoms with E-state index in [0.29, 0.717) is 11.3 Å². The molecule has 0 fully saturated rings. The van der Waals surface area contributed by atoms with Gasteiger partial charge in [0.2, 0.25) is 5.91 Å². The molecule has 3 aromatic rings. The monoisotopic (exact) mass is 490 g/mol. The summed E-state index contributed by atoms with van der Waals surface area (Å²) in [4.78, 5) is 11.7. The summed E-state index contributed by atoms with van der Waals surface area (Å²) in [6.07, 6.45) is -0.244. The Morgan fingerprint density at radius 1 is 0.971 bits per heavy atom. The molecule has 1 amide bonds. The van der Waals surface area contributed by atoms with Crippen LogP contribution in [0.3, 0.4) is 0 Å². The molecule has 10 heteroatoms. The number of carbonyl (C=O) groups is 1. The predicted octanol–water partition coefficient (Wildman–Crippen LogP) is 3.56. The SMILES string of the molecule is COc1ccc(S(=O)(=O)N(CC(N)=O)c2ccc(C)cc2Cc2c(F)cccc2F)cc1OC. The Bertz CT molecular complexity index is 1310. The molecule has 3 rings (SSSR count). The van der Waals surface area contributed by atoms with Crippen LogP contribution < -0.4 is 19.5 Å². The number of ether oxygens (including phenoxy) is 2. The number of benzene rings is 3. The Balaban J connectivity index is 2.18. The van der Waals surface area contributed by atoms with Crippen molar-refractivity contribution in [3.63, 3.8) is 0 Å². The van der Waals surface area contributed by atoms with E-state index in [9.17, 15) is 22.0 Å². The minimum absolute atomic E-state index is 0.0711. The zero-order chi connectivity index (χ0) is 25.0. The minimum Gasteiger partial charge on any atom is -0.493 e. The number of hydrogen-bond acceptors (Lipinski definition) is 5. The molecule has 34 heavy (non-hydrogen) atoms. The first-order chi connectivity index (χ1) is 16.1. The van der Waals surface area contributed by atoms with Crippen molar-refractivity contribution in [2.45, 2.75) is 18.2 Å². The van der Waals surface area contributed by atoms with Crippen LogP contribution in [0.2, 0.25) is 0 Å².